The van der Waals surface area contributed by atoms with Gasteiger partial charge in [-0.1, -0.05) is 30.3 Å². The van der Waals surface area contributed by atoms with Crippen LogP contribution in [0.4, 0.5) is 15.8 Å². The molecule has 0 saturated carbocycles. The van der Waals surface area contributed by atoms with Crippen LogP contribution in [0, 0.1) is 5.82 Å². The molecular weight excluding hydrogens is 265 g/mol. The smallest absolute Gasteiger partial charge is 0.123 e. The van der Waals surface area contributed by atoms with Crippen LogP contribution in [0.1, 0.15) is 5.56 Å². The van der Waals surface area contributed by atoms with E-state index in [1.807, 2.05) is 31.3 Å². The van der Waals surface area contributed by atoms with Crippen molar-refractivity contribution in [2.24, 2.45) is 0 Å². The summed E-state index contributed by atoms with van der Waals surface area (Å²) in [5.74, 6) is -0.227. The normalized spacial score (nSPS) is 10.8. The molecule has 0 bridgehead atoms. The highest BCUT2D eigenvalue weighted by Crippen LogP contribution is 2.31. The fraction of sp³-hybridized carbons (Fsp3) is 0.118. The van der Waals surface area contributed by atoms with E-state index in [4.69, 9.17) is 5.73 Å². The number of hydrogen-bond donors (Lipinski definition) is 1. The first kappa shape index (κ1) is 13.4. The van der Waals surface area contributed by atoms with E-state index in [1.165, 1.54) is 12.1 Å². The Labute approximate surface area is 122 Å². The molecule has 0 saturated heterocycles. The number of pyridine rings is 1. The Morgan fingerprint density at radius 3 is 2.57 bits per heavy atom. The fourth-order valence-electron chi connectivity index (χ4n) is 2.51. The van der Waals surface area contributed by atoms with Crippen molar-refractivity contribution in [3.05, 3.63) is 66.1 Å². The van der Waals surface area contributed by atoms with Crippen LogP contribution in [0.2, 0.25) is 0 Å². The van der Waals surface area contributed by atoms with E-state index in [2.05, 4.69) is 9.88 Å². The van der Waals surface area contributed by atoms with E-state index >= 15 is 0 Å². The average Bonchev–Trinajstić information content (AvgIpc) is 2.49. The van der Waals surface area contributed by atoms with Gasteiger partial charge >= 0.3 is 0 Å². The second-order valence-corrected chi connectivity index (χ2v) is 5.06. The predicted octanol–water partition coefficient (Wildman–Crippen LogP) is 3.59. The number of halogens is 1. The molecule has 0 aliphatic heterocycles. The van der Waals surface area contributed by atoms with Gasteiger partial charge < -0.3 is 10.6 Å². The lowest BCUT2D eigenvalue weighted by Gasteiger charge is -2.22. The Hall–Kier alpha value is -2.62. The molecule has 1 heterocycles. The van der Waals surface area contributed by atoms with Crippen LogP contribution in [-0.4, -0.2) is 12.0 Å². The number of benzene rings is 2. The first-order chi connectivity index (χ1) is 10.1. The van der Waals surface area contributed by atoms with Gasteiger partial charge in [0.25, 0.3) is 0 Å². The molecule has 0 aliphatic rings. The standard InChI is InChI=1S/C17H16FN3/c1-21(11-12-6-8-13(18)9-7-12)17-14-4-2-3-5-16(14)20-10-15(17)19/h2-10H,11,19H2,1H3. The maximum Gasteiger partial charge on any atom is 0.123 e. The van der Waals surface area contributed by atoms with Crippen molar-refractivity contribution < 1.29 is 4.39 Å². The van der Waals surface area contributed by atoms with Crippen LogP contribution in [0.15, 0.2) is 54.7 Å². The molecule has 0 aliphatic carbocycles. The predicted molar refractivity (Wildman–Crippen MR) is 84.7 cm³/mol. The van der Waals surface area contributed by atoms with E-state index in [9.17, 15) is 4.39 Å². The molecule has 0 atom stereocenters. The topological polar surface area (TPSA) is 42.1 Å². The molecule has 0 amide bonds. The largest absolute Gasteiger partial charge is 0.396 e. The molecule has 0 spiro atoms. The van der Waals surface area contributed by atoms with Gasteiger partial charge in [-0.05, 0) is 23.8 Å². The van der Waals surface area contributed by atoms with E-state index in [1.54, 1.807) is 18.3 Å². The number of aromatic nitrogens is 1. The van der Waals surface area contributed by atoms with Gasteiger partial charge in [0.15, 0.2) is 0 Å². The van der Waals surface area contributed by atoms with Crippen molar-refractivity contribution in [3.8, 4) is 0 Å². The number of anilines is 2. The Morgan fingerprint density at radius 1 is 1.10 bits per heavy atom. The number of fused-ring (bicyclic) bond motifs is 1. The van der Waals surface area contributed by atoms with Gasteiger partial charge in [-0.3, -0.25) is 4.98 Å². The summed E-state index contributed by atoms with van der Waals surface area (Å²) in [4.78, 5) is 6.40. The summed E-state index contributed by atoms with van der Waals surface area (Å²) < 4.78 is 13.0. The van der Waals surface area contributed by atoms with Crippen molar-refractivity contribution in [2.75, 3.05) is 17.7 Å². The molecule has 0 radical (unpaired) electrons. The number of para-hydroxylation sites is 1. The summed E-state index contributed by atoms with van der Waals surface area (Å²) in [6.45, 7) is 0.651. The number of nitrogen functional groups attached to an aromatic ring is 1. The van der Waals surface area contributed by atoms with Crippen molar-refractivity contribution >= 4 is 22.3 Å². The molecule has 1 aromatic heterocycles. The molecule has 21 heavy (non-hydrogen) atoms. The molecule has 3 nitrogen and oxygen atoms in total. The zero-order valence-corrected chi connectivity index (χ0v) is 11.8. The third-order valence-electron chi connectivity index (χ3n) is 3.49. The van der Waals surface area contributed by atoms with Crippen molar-refractivity contribution in [2.45, 2.75) is 6.54 Å². The van der Waals surface area contributed by atoms with Gasteiger partial charge in [-0.25, -0.2) is 4.39 Å². The lowest BCUT2D eigenvalue weighted by atomic mass is 10.1. The molecule has 2 N–H and O–H groups in total. The minimum absolute atomic E-state index is 0.227. The second kappa shape index (κ2) is 5.40. The fourth-order valence-corrected chi connectivity index (χ4v) is 2.51. The molecular formula is C17H16FN3. The first-order valence-electron chi connectivity index (χ1n) is 6.74. The summed E-state index contributed by atoms with van der Waals surface area (Å²) >= 11 is 0. The van der Waals surface area contributed by atoms with Gasteiger partial charge in [0.1, 0.15) is 5.82 Å². The minimum Gasteiger partial charge on any atom is -0.396 e. The first-order valence-corrected chi connectivity index (χ1v) is 6.74. The maximum atomic E-state index is 13.0. The van der Waals surface area contributed by atoms with Crippen LogP contribution in [0.5, 0.6) is 0 Å². The molecule has 0 unspecified atom stereocenters. The van der Waals surface area contributed by atoms with Crippen LogP contribution in [-0.2, 0) is 6.54 Å². The summed E-state index contributed by atoms with van der Waals surface area (Å²) in [6, 6.07) is 14.4. The lowest BCUT2D eigenvalue weighted by Crippen LogP contribution is -2.18. The van der Waals surface area contributed by atoms with Gasteiger partial charge in [0, 0.05) is 19.0 Å². The van der Waals surface area contributed by atoms with Crippen molar-refractivity contribution in [1.29, 1.82) is 0 Å². The number of hydrogen-bond acceptors (Lipinski definition) is 3. The number of nitrogens with zero attached hydrogens (tertiary/aromatic N) is 2. The van der Waals surface area contributed by atoms with Crippen LogP contribution in [0.3, 0.4) is 0 Å². The molecule has 2 aromatic carbocycles. The quantitative estimate of drug-likeness (QED) is 0.797. The third kappa shape index (κ3) is 2.65. The summed E-state index contributed by atoms with van der Waals surface area (Å²) in [5.41, 5.74) is 9.62. The molecule has 0 fully saturated rings. The van der Waals surface area contributed by atoms with Crippen molar-refractivity contribution in [1.82, 2.24) is 4.98 Å². The monoisotopic (exact) mass is 281 g/mol. The summed E-state index contributed by atoms with van der Waals surface area (Å²) in [7, 11) is 1.97. The Balaban J connectivity index is 1.99. The van der Waals surface area contributed by atoms with E-state index in [0.29, 0.717) is 12.2 Å². The summed E-state index contributed by atoms with van der Waals surface area (Å²) in [5, 5.41) is 1.02. The van der Waals surface area contributed by atoms with E-state index in [0.717, 1.165) is 22.2 Å². The number of rotatable bonds is 3. The SMILES string of the molecule is CN(Cc1ccc(F)cc1)c1c(N)cnc2ccccc12. The van der Waals surface area contributed by atoms with Crippen LogP contribution < -0.4 is 10.6 Å². The molecule has 4 heteroatoms. The van der Waals surface area contributed by atoms with Crippen molar-refractivity contribution in [3.63, 3.8) is 0 Å². The Kier molecular flexibility index (Phi) is 3.44. The average molecular weight is 281 g/mol. The van der Waals surface area contributed by atoms with E-state index in [-0.39, 0.29) is 5.82 Å². The second-order valence-electron chi connectivity index (χ2n) is 5.06. The zero-order valence-electron chi connectivity index (χ0n) is 11.8. The van der Waals surface area contributed by atoms with Gasteiger partial charge in [-0.2, -0.15) is 0 Å². The van der Waals surface area contributed by atoms with Crippen LogP contribution >= 0.6 is 0 Å². The zero-order chi connectivity index (χ0) is 14.8. The van der Waals surface area contributed by atoms with Gasteiger partial charge in [0.2, 0.25) is 0 Å². The number of nitrogens with two attached hydrogens (primary N) is 1. The van der Waals surface area contributed by atoms with Gasteiger partial charge in [-0.15, -0.1) is 0 Å². The molecule has 3 rings (SSSR count). The third-order valence-corrected chi connectivity index (χ3v) is 3.49. The lowest BCUT2D eigenvalue weighted by molar-refractivity contribution is 0.627. The molecule has 3 aromatic rings. The highest BCUT2D eigenvalue weighted by atomic mass is 19.1. The Morgan fingerprint density at radius 2 is 1.81 bits per heavy atom. The minimum atomic E-state index is -0.227. The highest BCUT2D eigenvalue weighted by Gasteiger charge is 2.11. The van der Waals surface area contributed by atoms with Gasteiger partial charge in [0.05, 0.1) is 23.1 Å². The highest BCUT2D eigenvalue weighted by molar-refractivity contribution is 5.97. The molecule has 106 valence electrons. The van der Waals surface area contributed by atoms with E-state index < -0.39 is 0 Å². The van der Waals surface area contributed by atoms with Crippen LogP contribution in [0.25, 0.3) is 10.9 Å². The Bertz CT molecular complexity index is 769. The summed E-state index contributed by atoms with van der Waals surface area (Å²) in [6.07, 6.45) is 1.68. The maximum absolute atomic E-state index is 13.0.